The van der Waals surface area contributed by atoms with Crippen LogP contribution in [0.2, 0.25) is 0 Å². The van der Waals surface area contributed by atoms with Gasteiger partial charge < -0.3 is 4.74 Å². The van der Waals surface area contributed by atoms with Crippen molar-refractivity contribution in [2.24, 2.45) is 10.7 Å². The number of halogens is 1. The highest BCUT2D eigenvalue weighted by Gasteiger charge is 2.32. The van der Waals surface area contributed by atoms with Gasteiger partial charge in [-0.3, -0.25) is 15.8 Å². The third-order valence-electron chi connectivity index (χ3n) is 4.78. The SMILES string of the molecule is NC1(OC2CCCCc3ccc(F)cc32)C=C(c2cn[nH]c2)C=NC1. The monoisotopic (exact) mass is 340 g/mol. The van der Waals surface area contributed by atoms with Crippen molar-refractivity contribution in [1.29, 1.82) is 0 Å². The minimum absolute atomic E-state index is 0.228. The van der Waals surface area contributed by atoms with Crippen LogP contribution in [0.1, 0.15) is 42.1 Å². The van der Waals surface area contributed by atoms with E-state index in [9.17, 15) is 4.39 Å². The molecule has 1 aromatic carbocycles. The summed E-state index contributed by atoms with van der Waals surface area (Å²) in [6.07, 6.45) is 10.8. The number of hydrogen-bond donors (Lipinski definition) is 2. The van der Waals surface area contributed by atoms with Crippen molar-refractivity contribution in [3.63, 3.8) is 0 Å². The van der Waals surface area contributed by atoms with E-state index in [1.165, 1.54) is 6.07 Å². The fraction of sp³-hybridized carbons (Fsp3) is 0.368. The van der Waals surface area contributed by atoms with E-state index in [0.717, 1.165) is 47.9 Å². The molecule has 0 bridgehead atoms. The Morgan fingerprint density at radius 3 is 3.08 bits per heavy atom. The zero-order valence-corrected chi connectivity index (χ0v) is 13.9. The van der Waals surface area contributed by atoms with Crippen LogP contribution in [0.4, 0.5) is 4.39 Å². The number of fused-ring (bicyclic) bond motifs is 1. The normalized spacial score (nSPS) is 26.0. The van der Waals surface area contributed by atoms with Gasteiger partial charge in [0.2, 0.25) is 0 Å². The molecule has 5 nitrogen and oxygen atoms in total. The Morgan fingerprint density at radius 2 is 2.24 bits per heavy atom. The van der Waals surface area contributed by atoms with Crippen LogP contribution in [0.5, 0.6) is 0 Å². The van der Waals surface area contributed by atoms with Crippen LogP contribution in [0.3, 0.4) is 0 Å². The second-order valence-corrected chi connectivity index (χ2v) is 6.71. The quantitative estimate of drug-likeness (QED) is 0.666. The topological polar surface area (TPSA) is 76.3 Å². The van der Waals surface area contributed by atoms with Gasteiger partial charge in [-0.15, -0.1) is 0 Å². The number of nitrogens with one attached hydrogen (secondary N) is 1. The second kappa shape index (κ2) is 6.54. The number of aliphatic imine (C=N–C) groups is 1. The number of nitrogens with two attached hydrogens (primary N) is 1. The van der Waals surface area contributed by atoms with E-state index in [1.807, 2.05) is 12.1 Å². The highest BCUT2D eigenvalue weighted by molar-refractivity contribution is 6.10. The number of nitrogens with zero attached hydrogens (tertiary/aromatic N) is 2. The first-order chi connectivity index (χ1) is 12.1. The number of aromatic amines is 1. The summed E-state index contributed by atoms with van der Waals surface area (Å²) in [6.45, 7) is 0.343. The summed E-state index contributed by atoms with van der Waals surface area (Å²) in [7, 11) is 0. The fourth-order valence-corrected chi connectivity index (χ4v) is 3.55. The van der Waals surface area contributed by atoms with Gasteiger partial charge >= 0.3 is 0 Å². The Labute approximate surface area is 145 Å². The summed E-state index contributed by atoms with van der Waals surface area (Å²) in [4.78, 5) is 4.37. The third kappa shape index (κ3) is 3.41. The smallest absolute Gasteiger partial charge is 0.157 e. The molecule has 0 radical (unpaired) electrons. The molecular weight excluding hydrogens is 319 g/mol. The average Bonchev–Trinajstić information content (AvgIpc) is 3.06. The van der Waals surface area contributed by atoms with Gasteiger partial charge in [0.1, 0.15) is 5.82 Å². The summed E-state index contributed by atoms with van der Waals surface area (Å²) in [5.74, 6) is -0.239. The predicted octanol–water partition coefficient (Wildman–Crippen LogP) is 3.16. The zero-order valence-electron chi connectivity index (χ0n) is 13.9. The highest BCUT2D eigenvalue weighted by Crippen LogP contribution is 2.35. The number of ether oxygens (including phenoxy) is 1. The van der Waals surface area contributed by atoms with Crippen LogP contribution in [0.25, 0.3) is 5.57 Å². The van der Waals surface area contributed by atoms with Gasteiger partial charge in [0, 0.05) is 23.5 Å². The first-order valence-corrected chi connectivity index (χ1v) is 8.60. The second-order valence-electron chi connectivity index (χ2n) is 6.71. The first-order valence-electron chi connectivity index (χ1n) is 8.60. The van der Waals surface area contributed by atoms with Crippen molar-refractivity contribution in [2.45, 2.75) is 37.5 Å². The maximum absolute atomic E-state index is 13.8. The minimum Gasteiger partial charge on any atom is -0.347 e. The standard InChI is InChI=1S/C19H21FN4O/c20-16-6-5-13-3-1-2-4-18(17(13)7-16)25-19(21)8-14(9-22-12-19)15-10-23-24-11-15/h5-11,18H,1-4,12,21H2,(H,23,24). The van der Waals surface area contributed by atoms with Gasteiger partial charge in [0.05, 0.1) is 18.8 Å². The minimum atomic E-state index is -1.01. The number of aryl methyl sites for hydroxylation is 1. The molecule has 1 aromatic heterocycles. The molecule has 2 atom stereocenters. The molecule has 2 aliphatic rings. The van der Waals surface area contributed by atoms with Crippen LogP contribution in [0, 0.1) is 5.82 Å². The Kier molecular flexibility index (Phi) is 4.23. The number of rotatable bonds is 3. The van der Waals surface area contributed by atoms with E-state index in [-0.39, 0.29) is 11.9 Å². The number of allylic oxidation sites excluding steroid dienone is 1. The Morgan fingerprint density at radius 1 is 1.32 bits per heavy atom. The van der Waals surface area contributed by atoms with E-state index in [2.05, 4.69) is 15.2 Å². The van der Waals surface area contributed by atoms with Gasteiger partial charge in [-0.1, -0.05) is 12.5 Å². The van der Waals surface area contributed by atoms with Gasteiger partial charge in [-0.2, -0.15) is 5.10 Å². The highest BCUT2D eigenvalue weighted by atomic mass is 19.1. The van der Waals surface area contributed by atoms with Gasteiger partial charge in [-0.25, -0.2) is 4.39 Å². The largest absolute Gasteiger partial charge is 0.347 e. The van der Waals surface area contributed by atoms with Crippen molar-refractivity contribution < 1.29 is 9.13 Å². The van der Waals surface area contributed by atoms with E-state index in [1.54, 1.807) is 24.7 Å². The third-order valence-corrected chi connectivity index (χ3v) is 4.78. The number of aromatic nitrogens is 2. The summed E-state index contributed by atoms with van der Waals surface area (Å²) < 4.78 is 20.1. The Bertz CT molecular complexity index is 815. The zero-order chi connectivity index (χ0) is 17.3. The molecule has 2 heterocycles. The van der Waals surface area contributed by atoms with Crippen molar-refractivity contribution >= 4 is 11.8 Å². The predicted molar refractivity (Wildman–Crippen MR) is 94.6 cm³/mol. The summed E-state index contributed by atoms with van der Waals surface area (Å²) in [5.41, 5.74) is 9.32. The molecule has 0 fully saturated rings. The molecule has 0 amide bonds. The molecule has 4 rings (SSSR count). The molecule has 25 heavy (non-hydrogen) atoms. The lowest BCUT2D eigenvalue weighted by atomic mass is 9.99. The molecule has 6 heteroatoms. The maximum atomic E-state index is 13.8. The number of benzene rings is 1. The van der Waals surface area contributed by atoms with Crippen molar-refractivity contribution in [1.82, 2.24) is 10.2 Å². The molecule has 2 aromatic rings. The molecule has 0 saturated heterocycles. The van der Waals surface area contributed by atoms with Gasteiger partial charge in [0.25, 0.3) is 0 Å². The molecule has 0 saturated carbocycles. The van der Waals surface area contributed by atoms with Crippen LogP contribution < -0.4 is 5.73 Å². The van der Waals surface area contributed by atoms with Crippen LogP contribution in [-0.2, 0) is 11.2 Å². The first kappa shape index (κ1) is 16.2. The fourth-order valence-electron chi connectivity index (χ4n) is 3.55. The molecule has 0 spiro atoms. The van der Waals surface area contributed by atoms with Crippen molar-refractivity contribution in [3.05, 3.63) is 59.2 Å². The summed E-state index contributed by atoms with van der Waals surface area (Å²) in [6, 6.07) is 4.96. The van der Waals surface area contributed by atoms with E-state index < -0.39 is 5.72 Å². The summed E-state index contributed by atoms with van der Waals surface area (Å²) >= 11 is 0. The molecule has 1 aliphatic carbocycles. The van der Waals surface area contributed by atoms with E-state index in [0.29, 0.717) is 6.54 Å². The number of hydrogen-bond acceptors (Lipinski definition) is 4. The molecular formula is C19H21FN4O. The van der Waals surface area contributed by atoms with Gasteiger partial charge in [0.15, 0.2) is 5.72 Å². The van der Waals surface area contributed by atoms with E-state index in [4.69, 9.17) is 10.5 Å². The molecule has 1 aliphatic heterocycles. The maximum Gasteiger partial charge on any atom is 0.157 e. The van der Waals surface area contributed by atoms with Crippen LogP contribution >= 0.6 is 0 Å². The van der Waals surface area contributed by atoms with Crippen LogP contribution in [-0.4, -0.2) is 28.7 Å². The Hall–Kier alpha value is -2.31. The lowest BCUT2D eigenvalue weighted by molar-refractivity contribution is -0.0598. The lowest BCUT2D eigenvalue weighted by Gasteiger charge is -2.33. The van der Waals surface area contributed by atoms with Gasteiger partial charge in [-0.05, 0) is 48.6 Å². The average molecular weight is 340 g/mol. The summed E-state index contributed by atoms with van der Waals surface area (Å²) in [5, 5.41) is 6.75. The molecule has 3 N–H and O–H groups in total. The number of H-pyrrole nitrogens is 1. The Balaban J connectivity index is 1.63. The number of dihydropyridines is 1. The van der Waals surface area contributed by atoms with E-state index >= 15 is 0 Å². The van der Waals surface area contributed by atoms with Crippen molar-refractivity contribution in [3.8, 4) is 0 Å². The lowest BCUT2D eigenvalue weighted by Crippen LogP contribution is -2.46. The van der Waals surface area contributed by atoms with Crippen molar-refractivity contribution in [2.75, 3.05) is 6.54 Å². The molecule has 2 unspecified atom stereocenters. The van der Waals surface area contributed by atoms with Crippen LogP contribution in [0.15, 0.2) is 41.7 Å². The molecule has 130 valence electrons.